The number of para-hydroxylation sites is 1. The molecule has 2 amide bonds. The number of anilines is 1. The summed E-state index contributed by atoms with van der Waals surface area (Å²) < 4.78 is 0. The van der Waals surface area contributed by atoms with Gasteiger partial charge in [-0.15, -0.1) is 0 Å². The third-order valence-electron chi connectivity index (χ3n) is 3.01. The Hall–Kier alpha value is -1.55. The van der Waals surface area contributed by atoms with E-state index in [0.29, 0.717) is 6.42 Å². The summed E-state index contributed by atoms with van der Waals surface area (Å²) in [6, 6.07) is 9.23. The lowest BCUT2D eigenvalue weighted by atomic mass is 9.93. The molecule has 0 aromatic heterocycles. The number of carbonyl (C=O) groups is 1. The average molecular weight is 234 g/mol. The number of amides is 2. The second-order valence-corrected chi connectivity index (χ2v) is 4.48. The van der Waals surface area contributed by atoms with Crippen LogP contribution in [0.5, 0.6) is 0 Å². The minimum atomic E-state index is -0.272. The first-order chi connectivity index (χ1) is 8.24. The quantitative estimate of drug-likeness (QED) is 0.734. The van der Waals surface area contributed by atoms with Gasteiger partial charge in [0.1, 0.15) is 0 Å². The number of aliphatic hydroxyl groups excluding tert-OH is 1. The number of rotatable bonds is 2. The van der Waals surface area contributed by atoms with Gasteiger partial charge in [-0.3, -0.25) is 0 Å². The molecule has 4 heteroatoms. The van der Waals surface area contributed by atoms with E-state index in [2.05, 4.69) is 10.6 Å². The highest BCUT2D eigenvalue weighted by atomic mass is 16.3. The minimum absolute atomic E-state index is 0.0856. The molecule has 1 aliphatic rings. The first-order valence-corrected chi connectivity index (χ1v) is 6.04. The third-order valence-corrected chi connectivity index (χ3v) is 3.01. The largest absolute Gasteiger partial charge is 0.393 e. The highest BCUT2D eigenvalue weighted by Gasteiger charge is 2.21. The maximum Gasteiger partial charge on any atom is 0.319 e. The van der Waals surface area contributed by atoms with Crippen molar-refractivity contribution in [1.82, 2.24) is 5.32 Å². The first kappa shape index (κ1) is 11.9. The van der Waals surface area contributed by atoms with Crippen molar-refractivity contribution in [3.63, 3.8) is 0 Å². The summed E-state index contributed by atoms with van der Waals surface area (Å²) in [5, 5.41) is 15.2. The van der Waals surface area contributed by atoms with E-state index in [-0.39, 0.29) is 18.2 Å². The normalized spacial score (nSPS) is 24.1. The van der Waals surface area contributed by atoms with Crippen molar-refractivity contribution < 1.29 is 9.90 Å². The molecule has 0 unspecified atom stereocenters. The van der Waals surface area contributed by atoms with Crippen molar-refractivity contribution in [3.05, 3.63) is 30.3 Å². The maximum absolute atomic E-state index is 11.7. The summed E-state index contributed by atoms with van der Waals surface area (Å²) in [7, 11) is 0. The molecule has 0 spiro atoms. The molecule has 4 nitrogen and oxygen atoms in total. The molecule has 0 saturated heterocycles. The number of benzene rings is 1. The molecule has 2 atom stereocenters. The predicted molar refractivity (Wildman–Crippen MR) is 66.9 cm³/mol. The molecule has 3 N–H and O–H groups in total. The third kappa shape index (κ3) is 3.75. The first-order valence-electron chi connectivity index (χ1n) is 6.04. The fourth-order valence-corrected chi connectivity index (χ4v) is 2.17. The molecule has 1 aromatic carbocycles. The van der Waals surface area contributed by atoms with Gasteiger partial charge in [-0.05, 0) is 37.8 Å². The SMILES string of the molecule is O=C(Nc1ccccc1)N[C@H]1CCC[C@@H](O)C1. The lowest BCUT2D eigenvalue weighted by Gasteiger charge is -2.26. The lowest BCUT2D eigenvalue weighted by Crippen LogP contribution is -2.41. The van der Waals surface area contributed by atoms with Crippen molar-refractivity contribution in [2.24, 2.45) is 0 Å². The Morgan fingerprint density at radius 2 is 2.00 bits per heavy atom. The molecule has 1 fully saturated rings. The minimum Gasteiger partial charge on any atom is -0.393 e. The second-order valence-electron chi connectivity index (χ2n) is 4.48. The molecule has 0 aliphatic heterocycles. The zero-order valence-electron chi connectivity index (χ0n) is 9.73. The molecule has 0 heterocycles. The van der Waals surface area contributed by atoms with Gasteiger partial charge in [-0.25, -0.2) is 4.79 Å². The van der Waals surface area contributed by atoms with Gasteiger partial charge in [0.05, 0.1) is 6.10 Å². The number of urea groups is 1. The lowest BCUT2D eigenvalue weighted by molar-refractivity contribution is 0.114. The van der Waals surface area contributed by atoms with Gasteiger partial charge in [-0.2, -0.15) is 0 Å². The van der Waals surface area contributed by atoms with Gasteiger partial charge >= 0.3 is 6.03 Å². The molecular weight excluding hydrogens is 216 g/mol. The average Bonchev–Trinajstić information content (AvgIpc) is 2.30. The molecule has 0 bridgehead atoms. The molecule has 2 rings (SSSR count). The Kier molecular flexibility index (Phi) is 3.98. The van der Waals surface area contributed by atoms with Crippen LogP contribution in [0.4, 0.5) is 10.5 Å². The van der Waals surface area contributed by atoms with E-state index in [1.807, 2.05) is 30.3 Å². The summed E-state index contributed by atoms with van der Waals surface area (Å²) in [5.74, 6) is 0. The van der Waals surface area contributed by atoms with Crippen LogP contribution in [-0.2, 0) is 0 Å². The van der Waals surface area contributed by atoms with Crippen molar-refractivity contribution in [2.45, 2.75) is 37.8 Å². The predicted octanol–water partition coefficient (Wildman–Crippen LogP) is 2.11. The monoisotopic (exact) mass is 234 g/mol. The molecule has 1 aliphatic carbocycles. The van der Waals surface area contributed by atoms with Crippen LogP contribution in [0.25, 0.3) is 0 Å². The van der Waals surface area contributed by atoms with E-state index in [4.69, 9.17) is 0 Å². The van der Waals surface area contributed by atoms with Crippen LogP contribution in [0.2, 0.25) is 0 Å². The molecule has 0 radical (unpaired) electrons. The Labute approximate surface area is 101 Å². The number of nitrogens with one attached hydrogen (secondary N) is 2. The van der Waals surface area contributed by atoms with Crippen molar-refractivity contribution in [3.8, 4) is 0 Å². The van der Waals surface area contributed by atoms with Crippen LogP contribution in [0.1, 0.15) is 25.7 Å². The highest BCUT2D eigenvalue weighted by molar-refractivity contribution is 5.89. The topological polar surface area (TPSA) is 61.4 Å². The molecular formula is C13H18N2O2. The smallest absolute Gasteiger partial charge is 0.319 e. The summed E-state index contributed by atoms with van der Waals surface area (Å²) in [6.07, 6.45) is 3.14. The van der Waals surface area contributed by atoms with E-state index < -0.39 is 0 Å². The summed E-state index contributed by atoms with van der Waals surface area (Å²) in [4.78, 5) is 11.7. The van der Waals surface area contributed by atoms with Crippen LogP contribution in [0, 0.1) is 0 Å². The van der Waals surface area contributed by atoms with Crippen molar-refractivity contribution in [2.75, 3.05) is 5.32 Å². The Morgan fingerprint density at radius 1 is 1.24 bits per heavy atom. The van der Waals surface area contributed by atoms with Gasteiger partial charge in [0, 0.05) is 11.7 Å². The zero-order valence-corrected chi connectivity index (χ0v) is 9.73. The summed E-state index contributed by atoms with van der Waals surface area (Å²) in [6.45, 7) is 0. The number of hydrogen-bond acceptors (Lipinski definition) is 2. The maximum atomic E-state index is 11.7. The van der Waals surface area contributed by atoms with Gasteiger partial charge < -0.3 is 15.7 Å². The van der Waals surface area contributed by atoms with Gasteiger partial charge in [-0.1, -0.05) is 18.2 Å². The van der Waals surface area contributed by atoms with E-state index in [9.17, 15) is 9.90 Å². The Bertz CT molecular complexity index is 367. The van der Waals surface area contributed by atoms with Gasteiger partial charge in [0.25, 0.3) is 0 Å². The van der Waals surface area contributed by atoms with E-state index in [0.717, 1.165) is 24.9 Å². The number of hydrogen-bond donors (Lipinski definition) is 3. The van der Waals surface area contributed by atoms with Crippen molar-refractivity contribution in [1.29, 1.82) is 0 Å². The highest BCUT2D eigenvalue weighted by Crippen LogP contribution is 2.18. The van der Waals surface area contributed by atoms with Crippen LogP contribution in [-0.4, -0.2) is 23.3 Å². The molecule has 92 valence electrons. The van der Waals surface area contributed by atoms with Crippen LogP contribution in [0.15, 0.2) is 30.3 Å². The van der Waals surface area contributed by atoms with Crippen LogP contribution >= 0.6 is 0 Å². The van der Waals surface area contributed by atoms with Gasteiger partial charge in [0.15, 0.2) is 0 Å². The van der Waals surface area contributed by atoms with Crippen LogP contribution in [0.3, 0.4) is 0 Å². The van der Waals surface area contributed by atoms with Crippen molar-refractivity contribution >= 4 is 11.7 Å². The number of carbonyl (C=O) groups excluding carboxylic acids is 1. The summed E-state index contributed by atoms with van der Waals surface area (Å²) in [5.41, 5.74) is 0.779. The zero-order chi connectivity index (χ0) is 12.1. The second kappa shape index (κ2) is 5.68. The fourth-order valence-electron chi connectivity index (χ4n) is 2.17. The summed E-state index contributed by atoms with van der Waals surface area (Å²) >= 11 is 0. The van der Waals surface area contributed by atoms with E-state index >= 15 is 0 Å². The van der Waals surface area contributed by atoms with E-state index in [1.165, 1.54) is 0 Å². The van der Waals surface area contributed by atoms with Crippen LogP contribution < -0.4 is 10.6 Å². The molecule has 1 saturated carbocycles. The Balaban J connectivity index is 1.81. The number of aliphatic hydroxyl groups is 1. The van der Waals surface area contributed by atoms with Gasteiger partial charge in [0.2, 0.25) is 0 Å². The fraction of sp³-hybridized carbons (Fsp3) is 0.462. The Morgan fingerprint density at radius 3 is 2.71 bits per heavy atom. The van der Waals surface area contributed by atoms with E-state index in [1.54, 1.807) is 0 Å². The molecule has 1 aromatic rings. The molecule has 17 heavy (non-hydrogen) atoms. The standard InChI is InChI=1S/C13H18N2O2/c16-12-8-4-7-11(9-12)15-13(17)14-10-5-2-1-3-6-10/h1-3,5-6,11-12,16H,4,7-9H2,(H2,14,15,17)/t11-,12+/m0/s1.